The molecule has 0 aliphatic heterocycles. The molecule has 0 bridgehead atoms. The van der Waals surface area contributed by atoms with E-state index in [1.807, 2.05) is 13.0 Å². The van der Waals surface area contributed by atoms with Crippen molar-refractivity contribution in [2.45, 2.75) is 38.8 Å². The van der Waals surface area contributed by atoms with Crippen LogP contribution in [0, 0.1) is 0 Å². The second-order valence-electron chi connectivity index (χ2n) is 3.84. The van der Waals surface area contributed by atoms with E-state index in [0.717, 1.165) is 12.8 Å². The van der Waals surface area contributed by atoms with Crippen molar-refractivity contribution in [2.75, 3.05) is 0 Å². The Bertz CT molecular complexity index is 324. The van der Waals surface area contributed by atoms with Crippen LogP contribution in [0.15, 0.2) is 22.7 Å². The summed E-state index contributed by atoms with van der Waals surface area (Å²) < 4.78 is 0. The Labute approximate surface area is 100 Å². The Hall–Kier alpha value is -1.07. The highest BCUT2D eigenvalue weighted by molar-refractivity contribution is 7.09. The molecule has 1 aromatic rings. The zero-order valence-electron chi connectivity index (χ0n) is 9.68. The highest BCUT2D eigenvalue weighted by atomic mass is 32.1. The zero-order chi connectivity index (χ0) is 12.0. The van der Waals surface area contributed by atoms with Gasteiger partial charge in [0, 0.05) is 10.9 Å². The first-order valence-electron chi connectivity index (χ1n) is 5.43. The van der Waals surface area contributed by atoms with Gasteiger partial charge in [-0.2, -0.15) is 0 Å². The van der Waals surface area contributed by atoms with Crippen LogP contribution in [0.25, 0.3) is 0 Å². The normalized spacial score (nSPS) is 16.0. The largest absolute Gasteiger partial charge is 0.409 e. The van der Waals surface area contributed by atoms with E-state index in [2.05, 4.69) is 28.8 Å². The van der Waals surface area contributed by atoms with Gasteiger partial charge in [0.05, 0.1) is 6.04 Å². The molecule has 1 aromatic heterocycles. The first-order valence-corrected chi connectivity index (χ1v) is 6.31. The average Bonchev–Trinajstić information content (AvgIpc) is 2.77. The van der Waals surface area contributed by atoms with Crippen molar-refractivity contribution in [1.82, 2.24) is 5.32 Å². The summed E-state index contributed by atoms with van der Waals surface area (Å²) in [5.41, 5.74) is 5.59. The molecule has 5 heteroatoms. The Morgan fingerprint density at radius 1 is 1.69 bits per heavy atom. The number of amidine groups is 1. The fourth-order valence-corrected chi connectivity index (χ4v) is 2.45. The first kappa shape index (κ1) is 13.0. The van der Waals surface area contributed by atoms with Gasteiger partial charge in [0.15, 0.2) is 5.84 Å². The average molecular weight is 241 g/mol. The number of nitrogens with one attached hydrogen (secondary N) is 1. The lowest BCUT2D eigenvalue weighted by molar-refractivity contribution is 0.313. The van der Waals surface area contributed by atoms with Crippen molar-refractivity contribution in [3.8, 4) is 0 Å². The van der Waals surface area contributed by atoms with Crippen LogP contribution < -0.4 is 11.1 Å². The first-order chi connectivity index (χ1) is 7.67. The molecule has 0 amide bonds. The molecule has 0 aromatic carbocycles. The molecular weight excluding hydrogens is 222 g/mol. The van der Waals surface area contributed by atoms with Crippen LogP contribution in [-0.2, 0) is 6.42 Å². The zero-order valence-corrected chi connectivity index (χ0v) is 10.5. The van der Waals surface area contributed by atoms with Gasteiger partial charge >= 0.3 is 0 Å². The molecule has 1 rings (SSSR count). The lowest BCUT2D eigenvalue weighted by Crippen LogP contribution is -2.45. The highest BCUT2D eigenvalue weighted by Crippen LogP contribution is 2.11. The lowest BCUT2D eigenvalue weighted by Gasteiger charge is -2.20. The van der Waals surface area contributed by atoms with Crippen LogP contribution in [-0.4, -0.2) is 23.1 Å². The Balaban J connectivity index is 2.46. The van der Waals surface area contributed by atoms with Crippen LogP contribution in [0.4, 0.5) is 0 Å². The summed E-state index contributed by atoms with van der Waals surface area (Å²) >= 11 is 1.75. The van der Waals surface area contributed by atoms with Crippen molar-refractivity contribution in [3.63, 3.8) is 0 Å². The standard InChI is InChI=1S/C11H19N3OS/c1-3-10(11(12)14-15)13-8(2)7-9-5-4-6-16-9/h4-6,8,10,13,15H,3,7H2,1-2H3,(H2,12,14). The van der Waals surface area contributed by atoms with Gasteiger partial charge in [-0.25, -0.2) is 0 Å². The number of hydrogen-bond donors (Lipinski definition) is 3. The SMILES string of the molecule is CCC(NC(C)Cc1cccs1)C(N)=NO. The van der Waals surface area contributed by atoms with Crippen LogP contribution in [0.1, 0.15) is 25.1 Å². The van der Waals surface area contributed by atoms with E-state index in [1.165, 1.54) is 4.88 Å². The molecular formula is C11H19N3OS. The minimum atomic E-state index is -0.0556. The maximum absolute atomic E-state index is 8.63. The van der Waals surface area contributed by atoms with Gasteiger partial charge < -0.3 is 16.3 Å². The van der Waals surface area contributed by atoms with E-state index < -0.39 is 0 Å². The lowest BCUT2D eigenvalue weighted by atomic mass is 10.1. The summed E-state index contributed by atoms with van der Waals surface area (Å²) in [7, 11) is 0. The van der Waals surface area contributed by atoms with Crippen molar-refractivity contribution in [2.24, 2.45) is 10.9 Å². The van der Waals surface area contributed by atoms with Crippen LogP contribution in [0.5, 0.6) is 0 Å². The fourth-order valence-electron chi connectivity index (χ4n) is 1.61. The molecule has 4 N–H and O–H groups in total. The van der Waals surface area contributed by atoms with E-state index >= 15 is 0 Å². The molecule has 2 atom stereocenters. The van der Waals surface area contributed by atoms with Crippen LogP contribution in [0.3, 0.4) is 0 Å². The maximum atomic E-state index is 8.63. The fraction of sp³-hybridized carbons (Fsp3) is 0.545. The van der Waals surface area contributed by atoms with E-state index in [4.69, 9.17) is 10.9 Å². The van der Waals surface area contributed by atoms with Crippen LogP contribution in [0.2, 0.25) is 0 Å². The van der Waals surface area contributed by atoms with Crippen molar-refractivity contribution < 1.29 is 5.21 Å². The van der Waals surface area contributed by atoms with Crippen molar-refractivity contribution in [1.29, 1.82) is 0 Å². The molecule has 1 heterocycles. The summed E-state index contributed by atoms with van der Waals surface area (Å²) in [6, 6.07) is 4.42. The molecule has 90 valence electrons. The van der Waals surface area contributed by atoms with E-state index in [0.29, 0.717) is 6.04 Å². The molecule has 2 unspecified atom stereocenters. The predicted octanol–water partition coefficient (Wildman–Crippen LogP) is 1.79. The van der Waals surface area contributed by atoms with Gasteiger partial charge in [-0.15, -0.1) is 11.3 Å². The van der Waals surface area contributed by atoms with Crippen LogP contribution >= 0.6 is 11.3 Å². The molecule has 0 saturated heterocycles. The molecule has 0 aliphatic rings. The number of thiophene rings is 1. The summed E-state index contributed by atoms with van der Waals surface area (Å²) in [5, 5.41) is 17.1. The van der Waals surface area contributed by atoms with E-state index in [1.54, 1.807) is 11.3 Å². The Kier molecular flexibility index (Phi) is 5.28. The predicted molar refractivity (Wildman–Crippen MR) is 68.1 cm³/mol. The number of hydrogen-bond acceptors (Lipinski definition) is 4. The highest BCUT2D eigenvalue weighted by Gasteiger charge is 2.14. The molecule has 0 aliphatic carbocycles. The third kappa shape index (κ3) is 3.83. The molecule has 16 heavy (non-hydrogen) atoms. The monoisotopic (exact) mass is 241 g/mol. The number of nitrogens with two attached hydrogens (primary N) is 1. The van der Waals surface area contributed by atoms with Gasteiger partial charge in [0.25, 0.3) is 0 Å². The van der Waals surface area contributed by atoms with E-state index in [9.17, 15) is 0 Å². The summed E-state index contributed by atoms with van der Waals surface area (Å²) in [4.78, 5) is 1.34. The summed E-state index contributed by atoms with van der Waals surface area (Å²) in [6.45, 7) is 4.11. The maximum Gasteiger partial charge on any atom is 0.156 e. The Morgan fingerprint density at radius 2 is 2.44 bits per heavy atom. The molecule has 4 nitrogen and oxygen atoms in total. The van der Waals surface area contributed by atoms with Crippen molar-refractivity contribution >= 4 is 17.2 Å². The van der Waals surface area contributed by atoms with Gasteiger partial charge in [0.2, 0.25) is 0 Å². The molecule has 0 spiro atoms. The summed E-state index contributed by atoms with van der Waals surface area (Å²) in [5.74, 6) is 0.250. The Morgan fingerprint density at radius 3 is 2.94 bits per heavy atom. The third-order valence-corrected chi connectivity index (χ3v) is 3.35. The van der Waals surface area contributed by atoms with Crippen molar-refractivity contribution in [3.05, 3.63) is 22.4 Å². The smallest absolute Gasteiger partial charge is 0.156 e. The second kappa shape index (κ2) is 6.50. The number of nitrogens with zero attached hydrogens (tertiary/aromatic N) is 1. The third-order valence-electron chi connectivity index (χ3n) is 2.45. The molecule has 0 radical (unpaired) electrons. The molecule has 0 fully saturated rings. The van der Waals surface area contributed by atoms with Gasteiger partial charge in [-0.1, -0.05) is 18.1 Å². The minimum absolute atomic E-state index is 0.0556. The number of oxime groups is 1. The van der Waals surface area contributed by atoms with Gasteiger partial charge in [0.1, 0.15) is 0 Å². The van der Waals surface area contributed by atoms with E-state index in [-0.39, 0.29) is 11.9 Å². The minimum Gasteiger partial charge on any atom is -0.409 e. The number of rotatable bonds is 6. The molecule has 0 saturated carbocycles. The quantitative estimate of drug-likeness (QED) is 0.308. The topological polar surface area (TPSA) is 70.6 Å². The summed E-state index contributed by atoms with van der Waals surface area (Å²) in [6.07, 6.45) is 1.78. The van der Waals surface area contributed by atoms with Gasteiger partial charge in [-0.05, 0) is 31.2 Å². The second-order valence-corrected chi connectivity index (χ2v) is 4.87. The van der Waals surface area contributed by atoms with Gasteiger partial charge in [-0.3, -0.25) is 0 Å².